The molecule has 2 rings (SSSR count). The first-order chi connectivity index (χ1) is 7.20. The van der Waals surface area contributed by atoms with E-state index in [1.54, 1.807) is 12.1 Å². The van der Waals surface area contributed by atoms with Gasteiger partial charge >= 0.3 is 0 Å². The number of carbonyl (C=O) groups excluding carboxylic acids is 1. The van der Waals surface area contributed by atoms with Crippen molar-refractivity contribution in [3.8, 4) is 0 Å². The van der Waals surface area contributed by atoms with Crippen LogP contribution in [0.5, 0.6) is 0 Å². The Hall–Kier alpha value is -1.42. The van der Waals surface area contributed by atoms with E-state index in [4.69, 9.17) is 4.42 Å². The number of rotatable bonds is 2. The van der Waals surface area contributed by atoms with Gasteiger partial charge in [0, 0.05) is 0 Å². The fraction of sp³-hybridized carbons (Fsp3) is 0. The van der Waals surface area contributed by atoms with E-state index < -0.39 is 11.6 Å². The molecule has 0 unspecified atom stereocenters. The van der Waals surface area contributed by atoms with Crippen LogP contribution in [0.3, 0.4) is 0 Å². The van der Waals surface area contributed by atoms with Gasteiger partial charge in [-0.05, 0) is 40.2 Å². The molecule has 0 atom stereocenters. The standard InChI is InChI=1S/C11H6BrFO2/c12-8-4-1-3-7(10(8)13)11(14)9-5-2-6-15-9/h1-6H. The largest absolute Gasteiger partial charge is 0.461 e. The summed E-state index contributed by atoms with van der Waals surface area (Å²) in [5.41, 5.74) is -0.000625. The fourth-order valence-electron chi connectivity index (χ4n) is 1.22. The van der Waals surface area contributed by atoms with Gasteiger partial charge in [0.25, 0.3) is 0 Å². The molecule has 0 spiro atoms. The van der Waals surface area contributed by atoms with Crippen LogP contribution in [0.15, 0.2) is 45.5 Å². The average molecular weight is 269 g/mol. The van der Waals surface area contributed by atoms with E-state index in [1.807, 2.05) is 0 Å². The van der Waals surface area contributed by atoms with E-state index in [9.17, 15) is 9.18 Å². The van der Waals surface area contributed by atoms with Gasteiger partial charge in [0.05, 0.1) is 16.3 Å². The Kier molecular flexibility index (Phi) is 2.68. The zero-order valence-corrected chi connectivity index (χ0v) is 9.12. The molecular weight excluding hydrogens is 263 g/mol. The summed E-state index contributed by atoms with van der Waals surface area (Å²) in [5, 5.41) is 0. The SMILES string of the molecule is O=C(c1ccco1)c1cccc(Br)c1F. The summed E-state index contributed by atoms with van der Waals surface area (Å²) in [6, 6.07) is 7.65. The monoisotopic (exact) mass is 268 g/mol. The van der Waals surface area contributed by atoms with Crippen molar-refractivity contribution in [2.24, 2.45) is 0 Å². The van der Waals surface area contributed by atoms with Crippen LogP contribution in [0.25, 0.3) is 0 Å². The van der Waals surface area contributed by atoms with E-state index in [2.05, 4.69) is 15.9 Å². The Morgan fingerprint density at radius 2 is 2.07 bits per heavy atom. The van der Waals surface area contributed by atoms with Crippen LogP contribution in [0.4, 0.5) is 4.39 Å². The van der Waals surface area contributed by atoms with Gasteiger partial charge in [-0.2, -0.15) is 0 Å². The molecule has 4 heteroatoms. The second-order valence-corrected chi connectivity index (χ2v) is 3.76. The molecule has 1 aromatic heterocycles. The maximum atomic E-state index is 13.5. The number of hydrogen-bond donors (Lipinski definition) is 0. The molecule has 0 aliphatic heterocycles. The lowest BCUT2D eigenvalue weighted by atomic mass is 10.1. The number of ketones is 1. The van der Waals surface area contributed by atoms with Crippen molar-refractivity contribution < 1.29 is 13.6 Å². The van der Waals surface area contributed by atoms with E-state index in [1.165, 1.54) is 24.5 Å². The van der Waals surface area contributed by atoms with Crippen molar-refractivity contribution in [3.05, 3.63) is 58.2 Å². The summed E-state index contributed by atoms with van der Waals surface area (Å²) < 4.78 is 18.7. The summed E-state index contributed by atoms with van der Waals surface area (Å²) in [4.78, 5) is 11.7. The summed E-state index contributed by atoms with van der Waals surface area (Å²) in [6.45, 7) is 0. The van der Waals surface area contributed by atoms with Gasteiger partial charge in [-0.15, -0.1) is 0 Å². The van der Waals surface area contributed by atoms with E-state index in [-0.39, 0.29) is 15.8 Å². The summed E-state index contributed by atoms with van der Waals surface area (Å²) >= 11 is 3.02. The summed E-state index contributed by atoms with van der Waals surface area (Å²) in [5.74, 6) is -0.898. The van der Waals surface area contributed by atoms with Gasteiger partial charge in [0.15, 0.2) is 5.76 Å². The normalized spacial score (nSPS) is 10.3. The highest BCUT2D eigenvalue weighted by atomic mass is 79.9. The Morgan fingerprint density at radius 1 is 1.27 bits per heavy atom. The first-order valence-corrected chi connectivity index (χ1v) is 5.01. The maximum absolute atomic E-state index is 13.5. The predicted molar refractivity (Wildman–Crippen MR) is 56.2 cm³/mol. The maximum Gasteiger partial charge on any atom is 0.231 e. The minimum atomic E-state index is -0.570. The molecule has 0 amide bonds. The van der Waals surface area contributed by atoms with E-state index in [0.29, 0.717) is 0 Å². The van der Waals surface area contributed by atoms with Gasteiger partial charge in [0.1, 0.15) is 5.82 Å². The zero-order valence-electron chi connectivity index (χ0n) is 7.54. The Morgan fingerprint density at radius 3 is 2.73 bits per heavy atom. The van der Waals surface area contributed by atoms with Crippen LogP contribution in [0.1, 0.15) is 16.1 Å². The summed E-state index contributed by atoms with van der Waals surface area (Å²) in [6.07, 6.45) is 1.38. The highest BCUT2D eigenvalue weighted by Gasteiger charge is 2.17. The molecule has 2 nitrogen and oxygen atoms in total. The molecule has 76 valence electrons. The molecule has 0 aliphatic rings. The quantitative estimate of drug-likeness (QED) is 0.782. The molecule has 0 saturated carbocycles. The molecule has 0 saturated heterocycles. The van der Waals surface area contributed by atoms with Crippen molar-refractivity contribution in [1.82, 2.24) is 0 Å². The van der Waals surface area contributed by atoms with Crippen molar-refractivity contribution in [2.75, 3.05) is 0 Å². The Balaban J connectivity index is 2.47. The van der Waals surface area contributed by atoms with Crippen LogP contribution < -0.4 is 0 Å². The number of halogens is 2. The number of carbonyl (C=O) groups is 1. The van der Waals surface area contributed by atoms with Gasteiger partial charge in [-0.3, -0.25) is 4.79 Å². The third-order valence-corrected chi connectivity index (χ3v) is 2.55. The topological polar surface area (TPSA) is 30.2 Å². The molecule has 15 heavy (non-hydrogen) atoms. The van der Waals surface area contributed by atoms with Crippen molar-refractivity contribution in [1.29, 1.82) is 0 Å². The van der Waals surface area contributed by atoms with Crippen molar-refractivity contribution in [3.63, 3.8) is 0 Å². The molecule has 0 radical (unpaired) electrons. The minimum absolute atomic E-state index is 0.000625. The van der Waals surface area contributed by atoms with Gasteiger partial charge in [0.2, 0.25) is 5.78 Å². The summed E-state index contributed by atoms with van der Waals surface area (Å²) in [7, 11) is 0. The lowest BCUT2D eigenvalue weighted by molar-refractivity contribution is 0.100. The molecular formula is C11H6BrFO2. The van der Waals surface area contributed by atoms with Crippen LogP contribution in [0, 0.1) is 5.82 Å². The second-order valence-electron chi connectivity index (χ2n) is 2.91. The molecule has 2 aromatic rings. The van der Waals surface area contributed by atoms with Crippen LogP contribution in [0.2, 0.25) is 0 Å². The van der Waals surface area contributed by atoms with E-state index >= 15 is 0 Å². The first-order valence-electron chi connectivity index (χ1n) is 4.22. The van der Waals surface area contributed by atoms with Crippen molar-refractivity contribution in [2.45, 2.75) is 0 Å². The molecule has 1 aromatic carbocycles. The van der Waals surface area contributed by atoms with Crippen molar-refractivity contribution >= 4 is 21.7 Å². The van der Waals surface area contributed by atoms with Gasteiger partial charge in [-0.1, -0.05) is 6.07 Å². The van der Waals surface area contributed by atoms with E-state index in [0.717, 1.165) is 0 Å². The fourth-order valence-corrected chi connectivity index (χ4v) is 1.59. The van der Waals surface area contributed by atoms with Crippen LogP contribution in [-0.4, -0.2) is 5.78 Å². The number of hydrogen-bond acceptors (Lipinski definition) is 2. The third kappa shape index (κ3) is 1.85. The number of furan rings is 1. The molecule has 1 heterocycles. The lowest BCUT2D eigenvalue weighted by Gasteiger charge is -2.01. The zero-order chi connectivity index (χ0) is 10.8. The lowest BCUT2D eigenvalue weighted by Crippen LogP contribution is -2.03. The third-order valence-electron chi connectivity index (χ3n) is 1.94. The molecule has 0 N–H and O–H groups in total. The minimum Gasteiger partial charge on any atom is -0.461 e. The second kappa shape index (κ2) is 3.98. The Bertz CT molecular complexity index is 491. The Labute approximate surface area is 93.8 Å². The van der Waals surface area contributed by atoms with Gasteiger partial charge < -0.3 is 4.42 Å². The molecule has 0 bridgehead atoms. The predicted octanol–water partition coefficient (Wildman–Crippen LogP) is 3.41. The van der Waals surface area contributed by atoms with Crippen LogP contribution >= 0.6 is 15.9 Å². The van der Waals surface area contributed by atoms with Gasteiger partial charge in [-0.25, -0.2) is 4.39 Å². The number of benzene rings is 1. The first kappa shape index (κ1) is 10.1. The highest BCUT2D eigenvalue weighted by Crippen LogP contribution is 2.21. The highest BCUT2D eigenvalue weighted by molar-refractivity contribution is 9.10. The smallest absolute Gasteiger partial charge is 0.231 e. The average Bonchev–Trinajstić information content (AvgIpc) is 2.74. The molecule has 0 fully saturated rings. The molecule has 0 aliphatic carbocycles. The van der Waals surface area contributed by atoms with Crippen LogP contribution in [-0.2, 0) is 0 Å².